The SMILES string of the molecule is CNCc1ccc(OCCOCC(C)C)cn1. The van der Waals surface area contributed by atoms with Crippen LogP contribution >= 0.6 is 0 Å². The molecule has 1 aromatic rings. The minimum atomic E-state index is 0.567. The standard InChI is InChI=1S/C13H22N2O2/c1-11(2)10-16-6-7-17-13-5-4-12(8-14-3)15-9-13/h4-5,9,11,14H,6-8,10H2,1-3H3. The van der Waals surface area contributed by atoms with Crippen LogP contribution in [0.2, 0.25) is 0 Å². The van der Waals surface area contributed by atoms with Gasteiger partial charge in [-0.05, 0) is 25.1 Å². The molecule has 0 radical (unpaired) electrons. The number of hydrogen-bond acceptors (Lipinski definition) is 4. The second-order valence-corrected chi connectivity index (χ2v) is 4.33. The van der Waals surface area contributed by atoms with Crippen molar-refractivity contribution in [3.63, 3.8) is 0 Å². The first kappa shape index (κ1) is 13.9. The molecule has 1 rings (SSSR count). The summed E-state index contributed by atoms with van der Waals surface area (Å²) in [6.07, 6.45) is 1.75. The maximum Gasteiger partial charge on any atom is 0.137 e. The van der Waals surface area contributed by atoms with E-state index in [0.717, 1.165) is 24.6 Å². The molecule has 4 heteroatoms. The molecule has 0 spiro atoms. The van der Waals surface area contributed by atoms with Crippen molar-refractivity contribution in [1.82, 2.24) is 10.3 Å². The molecule has 0 fully saturated rings. The minimum absolute atomic E-state index is 0.567. The summed E-state index contributed by atoms with van der Waals surface area (Å²) < 4.78 is 10.9. The minimum Gasteiger partial charge on any atom is -0.490 e. The lowest BCUT2D eigenvalue weighted by atomic mass is 10.2. The third-order valence-corrected chi connectivity index (χ3v) is 2.10. The van der Waals surface area contributed by atoms with Gasteiger partial charge in [-0.3, -0.25) is 4.98 Å². The van der Waals surface area contributed by atoms with E-state index in [0.29, 0.717) is 19.1 Å². The Bertz CT molecular complexity index is 299. The van der Waals surface area contributed by atoms with Gasteiger partial charge in [-0.25, -0.2) is 0 Å². The molecule has 0 aromatic carbocycles. The average molecular weight is 238 g/mol. The van der Waals surface area contributed by atoms with Crippen molar-refractivity contribution in [2.24, 2.45) is 5.92 Å². The third-order valence-electron chi connectivity index (χ3n) is 2.10. The molecular formula is C13H22N2O2. The van der Waals surface area contributed by atoms with Crippen LogP contribution in [0.1, 0.15) is 19.5 Å². The summed E-state index contributed by atoms with van der Waals surface area (Å²) in [6.45, 7) is 7.01. The summed E-state index contributed by atoms with van der Waals surface area (Å²) >= 11 is 0. The lowest BCUT2D eigenvalue weighted by molar-refractivity contribution is 0.0818. The van der Waals surface area contributed by atoms with Crippen molar-refractivity contribution >= 4 is 0 Å². The lowest BCUT2D eigenvalue weighted by Gasteiger charge is -2.08. The fourth-order valence-electron chi connectivity index (χ4n) is 1.32. The highest BCUT2D eigenvalue weighted by Crippen LogP contribution is 2.08. The van der Waals surface area contributed by atoms with Crippen LogP contribution in [-0.2, 0) is 11.3 Å². The van der Waals surface area contributed by atoms with Crippen LogP contribution < -0.4 is 10.1 Å². The first-order valence-corrected chi connectivity index (χ1v) is 6.02. The number of rotatable bonds is 8. The number of nitrogens with one attached hydrogen (secondary N) is 1. The van der Waals surface area contributed by atoms with Gasteiger partial charge in [-0.2, -0.15) is 0 Å². The van der Waals surface area contributed by atoms with Crippen LogP contribution in [0.15, 0.2) is 18.3 Å². The summed E-state index contributed by atoms with van der Waals surface area (Å²) in [4.78, 5) is 4.27. The molecule has 0 saturated carbocycles. The highest BCUT2D eigenvalue weighted by Gasteiger charge is 1.97. The van der Waals surface area contributed by atoms with Gasteiger partial charge in [0.05, 0.1) is 18.5 Å². The summed E-state index contributed by atoms with van der Waals surface area (Å²) in [5.41, 5.74) is 1.01. The number of aromatic nitrogens is 1. The summed E-state index contributed by atoms with van der Waals surface area (Å²) in [6, 6.07) is 3.89. The predicted molar refractivity (Wildman–Crippen MR) is 68.2 cm³/mol. The molecule has 1 N–H and O–H groups in total. The molecule has 0 aliphatic rings. The van der Waals surface area contributed by atoms with E-state index in [1.54, 1.807) is 6.20 Å². The summed E-state index contributed by atoms with van der Waals surface area (Å²) in [5.74, 6) is 1.36. The van der Waals surface area contributed by atoms with Crippen LogP contribution in [0, 0.1) is 5.92 Å². The zero-order chi connectivity index (χ0) is 12.5. The van der Waals surface area contributed by atoms with Gasteiger partial charge in [0.1, 0.15) is 12.4 Å². The molecule has 17 heavy (non-hydrogen) atoms. The highest BCUT2D eigenvalue weighted by atomic mass is 16.5. The Balaban J connectivity index is 2.18. The topological polar surface area (TPSA) is 43.4 Å². The fraction of sp³-hybridized carbons (Fsp3) is 0.615. The Morgan fingerprint density at radius 1 is 1.29 bits per heavy atom. The molecule has 1 aromatic heterocycles. The number of nitrogens with zero attached hydrogens (tertiary/aromatic N) is 1. The Morgan fingerprint density at radius 3 is 2.71 bits per heavy atom. The Kier molecular flexibility index (Phi) is 6.58. The normalized spacial score (nSPS) is 10.8. The molecule has 4 nitrogen and oxygen atoms in total. The molecule has 0 unspecified atom stereocenters. The monoisotopic (exact) mass is 238 g/mol. The molecule has 0 aliphatic carbocycles. The van der Waals surface area contributed by atoms with Gasteiger partial charge in [-0.15, -0.1) is 0 Å². The van der Waals surface area contributed by atoms with Crippen LogP contribution in [-0.4, -0.2) is 31.9 Å². The van der Waals surface area contributed by atoms with E-state index >= 15 is 0 Å². The van der Waals surface area contributed by atoms with Crippen molar-refractivity contribution in [2.75, 3.05) is 26.9 Å². The van der Waals surface area contributed by atoms with E-state index in [4.69, 9.17) is 9.47 Å². The van der Waals surface area contributed by atoms with Gasteiger partial charge in [0, 0.05) is 13.2 Å². The van der Waals surface area contributed by atoms with Crippen molar-refractivity contribution in [2.45, 2.75) is 20.4 Å². The van der Waals surface area contributed by atoms with E-state index in [9.17, 15) is 0 Å². The van der Waals surface area contributed by atoms with Gasteiger partial charge in [0.15, 0.2) is 0 Å². The average Bonchev–Trinajstić information content (AvgIpc) is 2.31. The van der Waals surface area contributed by atoms with E-state index < -0.39 is 0 Å². The van der Waals surface area contributed by atoms with Gasteiger partial charge in [-0.1, -0.05) is 13.8 Å². The van der Waals surface area contributed by atoms with Crippen molar-refractivity contribution in [3.8, 4) is 5.75 Å². The highest BCUT2D eigenvalue weighted by molar-refractivity contribution is 5.19. The Labute approximate surface area is 103 Å². The maximum absolute atomic E-state index is 5.51. The molecule has 0 aliphatic heterocycles. The van der Waals surface area contributed by atoms with Gasteiger partial charge in [0.2, 0.25) is 0 Å². The van der Waals surface area contributed by atoms with E-state index in [-0.39, 0.29) is 0 Å². The molecule has 0 saturated heterocycles. The van der Waals surface area contributed by atoms with Crippen LogP contribution in [0.4, 0.5) is 0 Å². The second kappa shape index (κ2) is 8.03. The van der Waals surface area contributed by atoms with Crippen LogP contribution in [0.5, 0.6) is 5.75 Å². The quantitative estimate of drug-likeness (QED) is 0.702. The molecule has 0 atom stereocenters. The van der Waals surface area contributed by atoms with Crippen molar-refractivity contribution < 1.29 is 9.47 Å². The molecule has 1 heterocycles. The van der Waals surface area contributed by atoms with E-state index in [1.807, 2.05) is 19.2 Å². The van der Waals surface area contributed by atoms with Crippen molar-refractivity contribution in [3.05, 3.63) is 24.0 Å². The Hall–Kier alpha value is -1.13. The van der Waals surface area contributed by atoms with Gasteiger partial charge < -0.3 is 14.8 Å². The second-order valence-electron chi connectivity index (χ2n) is 4.33. The first-order chi connectivity index (χ1) is 8.22. The van der Waals surface area contributed by atoms with E-state index in [1.165, 1.54) is 0 Å². The predicted octanol–water partition coefficient (Wildman–Crippen LogP) is 1.85. The van der Waals surface area contributed by atoms with Crippen molar-refractivity contribution in [1.29, 1.82) is 0 Å². The number of ether oxygens (including phenoxy) is 2. The number of hydrogen-bond donors (Lipinski definition) is 1. The molecule has 0 amide bonds. The Morgan fingerprint density at radius 2 is 2.12 bits per heavy atom. The summed E-state index contributed by atoms with van der Waals surface area (Å²) in [5, 5.41) is 3.05. The van der Waals surface area contributed by atoms with Crippen LogP contribution in [0.3, 0.4) is 0 Å². The number of pyridine rings is 1. The maximum atomic E-state index is 5.51. The fourth-order valence-corrected chi connectivity index (χ4v) is 1.32. The zero-order valence-electron chi connectivity index (χ0n) is 10.9. The molecule has 96 valence electrons. The van der Waals surface area contributed by atoms with Gasteiger partial charge >= 0.3 is 0 Å². The van der Waals surface area contributed by atoms with Crippen LogP contribution in [0.25, 0.3) is 0 Å². The first-order valence-electron chi connectivity index (χ1n) is 6.02. The van der Waals surface area contributed by atoms with E-state index in [2.05, 4.69) is 24.1 Å². The smallest absolute Gasteiger partial charge is 0.137 e. The zero-order valence-corrected chi connectivity index (χ0v) is 10.9. The lowest BCUT2D eigenvalue weighted by Crippen LogP contribution is -2.10. The summed E-state index contributed by atoms with van der Waals surface area (Å²) in [7, 11) is 1.90. The largest absolute Gasteiger partial charge is 0.490 e. The molecule has 0 bridgehead atoms. The van der Waals surface area contributed by atoms with Gasteiger partial charge in [0.25, 0.3) is 0 Å². The third kappa shape index (κ3) is 6.24. The molecular weight excluding hydrogens is 216 g/mol.